The Morgan fingerprint density at radius 1 is 1.33 bits per heavy atom. The number of H-pyrrole nitrogens is 1. The van der Waals surface area contributed by atoms with Gasteiger partial charge >= 0.3 is 0 Å². The van der Waals surface area contributed by atoms with Gasteiger partial charge in [0.25, 0.3) is 0 Å². The van der Waals surface area contributed by atoms with Crippen LogP contribution in [0, 0.1) is 5.92 Å². The van der Waals surface area contributed by atoms with Gasteiger partial charge in [0.15, 0.2) is 5.78 Å². The van der Waals surface area contributed by atoms with Gasteiger partial charge in [0.2, 0.25) is 0 Å². The zero-order valence-corrected chi connectivity index (χ0v) is 12.7. The molecule has 0 amide bonds. The van der Waals surface area contributed by atoms with Crippen LogP contribution in [-0.2, 0) is 0 Å². The molecule has 1 heterocycles. The van der Waals surface area contributed by atoms with Gasteiger partial charge in [-0.1, -0.05) is 38.7 Å². The molecule has 3 heteroatoms. The van der Waals surface area contributed by atoms with Gasteiger partial charge in [-0.3, -0.25) is 4.79 Å². The SMILES string of the molecule is CCCOc1cccc2[nH]cc(C(=O)CC3CCCC3)c12. The number of ketones is 1. The average Bonchev–Trinajstić information content (AvgIpc) is 3.14. The molecule has 0 bridgehead atoms. The molecule has 3 rings (SSSR count). The lowest BCUT2D eigenvalue weighted by Crippen LogP contribution is -2.06. The van der Waals surface area contributed by atoms with E-state index in [0.717, 1.165) is 28.6 Å². The third kappa shape index (κ3) is 2.97. The summed E-state index contributed by atoms with van der Waals surface area (Å²) in [7, 11) is 0. The third-order valence-corrected chi connectivity index (χ3v) is 4.38. The fraction of sp³-hybridized carbons (Fsp3) is 0.500. The lowest BCUT2D eigenvalue weighted by Gasteiger charge is -2.09. The second kappa shape index (κ2) is 6.33. The van der Waals surface area contributed by atoms with Gasteiger partial charge in [0.05, 0.1) is 12.0 Å². The molecule has 3 nitrogen and oxygen atoms in total. The predicted octanol–water partition coefficient (Wildman–Crippen LogP) is 4.72. The number of carbonyl (C=O) groups excluding carboxylic acids is 1. The van der Waals surface area contributed by atoms with Crippen molar-refractivity contribution in [3.8, 4) is 5.75 Å². The molecule has 0 spiro atoms. The maximum Gasteiger partial charge on any atom is 0.165 e. The van der Waals surface area contributed by atoms with Crippen LogP contribution >= 0.6 is 0 Å². The third-order valence-electron chi connectivity index (χ3n) is 4.38. The van der Waals surface area contributed by atoms with Crippen LogP contribution in [0.15, 0.2) is 24.4 Å². The summed E-state index contributed by atoms with van der Waals surface area (Å²) in [6.45, 7) is 2.77. The van der Waals surface area contributed by atoms with Crippen LogP contribution in [-0.4, -0.2) is 17.4 Å². The van der Waals surface area contributed by atoms with Crippen LogP contribution in [0.5, 0.6) is 5.75 Å². The van der Waals surface area contributed by atoms with Crippen LogP contribution in [0.2, 0.25) is 0 Å². The van der Waals surface area contributed by atoms with E-state index in [0.29, 0.717) is 18.9 Å². The van der Waals surface area contributed by atoms with Crippen LogP contribution < -0.4 is 4.74 Å². The molecule has 1 saturated carbocycles. The molecule has 0 atom stereocenters. The zero-order valence-electron chi connectivity index (χ0n) is 12.7. The standard InChI is InChI=1S/C18H23NO2/c1-2-10-21-17-9-5-8-15-18(17)14(12-19-15)16(20)11-13-6-3-4-7-13/h5,8-9,12-13,19H,2-4,6-7,10-11H2,1H3. The number of ether oxygens (including phenoxy) is 1. The highest BCUT2D eigenvalue weighted by Gasteiger charge is 2.22. The Morgan fingerprint density at radius 3 is 2.90 bits per heavy atom. The van der Waals surface area contributed by atoms with Gasteiger partial charge in [0.1, 0.15) is 5.75 Å². The lowest BCUT2D eigenvalue weighted by molar-refractivity contribution is 0.0963. The summed E-state index contributed by atoms with van der Waals surface area (Å²) in [4.78, 5) is 15.8. The van der Waals surface area contributed by atoms with Gasteiger partial charge in [-0.25, -0.2) is 0 Å². The van der Waals surface area contributed by atoms with Crippen molar-refractivity contribution in [1.82, 2.24) is 4.98 Å². The highest BCUT2D eigenvalue weighted by atomic mass is 16.5. The van der Waals surface area contributed by atoms with Crippen molar-refractivity contribution < 1.29 is 9.53 Å². The van der Waals surface area contributed by atoms with Crippen LogP contribution in [0.4, 0.5) is 0 Å². The second-order valence-corrected chi connectivity index (χ2v) is 6.01. The summed E-state index contributed by atoms with van der Waals surface area (Å²) >= 11 is 0. The number of hydrogen-bond donors (Lipinski definition) is 1. The molecular weight excluding hydrogens is 262 g/mol. The summed E-state index contributed by atoms with van der Waals surface area (Å²) in [5, 5.41) is 0.953. The number of nitrogens with one attached hydrogen (secondary N) is 1. The molecule has 0 aliphatic heterocycles. The van der Waals surface area contributed by atoms with Gasteiger partial charge in [-0.15, -0.1) is 0 Å². The second-order valence-electron chi connectivity index (χ2n) is 6.01. The van der Waals surface area contributed by atoms with E-state index in [-0.39, 0.29) is 5.78 Å². The predicted molar refractivity (Wildman–Crippen MR) is 85.0 cm³/mol. The monoisotopic (exact) mass is 285 g/mol. The van der Waals surface area contributed by atoms with Crippen molar-refractivity contribution in [2.75, 3.05) is 6.61 Å². The molecular formula is C18H23NO2. The van der Waals surface area contributed by atoms with Crippen molar-refractivity contribution in [3.63, 3.8) is 0 Å². The maximum absolute atomic E-state index is 12.6. The number of hydrogen-bond acceptors (Lipinski definition) is 2. The summed E-state index contributed by atoms with van der Waals surface area (Å²) in [5.41, 5.74) is 1.78. The van der Waals surface area contributed by atoms with Gasteiger partial charge < -0.3 is 9.72 Å². The first-order valence-electron chi connectivity index (χ1n) is 8.05. The number of rotatable bonds is 6. The highest BCUT2D eigenvalue weighted by Crippen LogP contribution is 2.33. The van der Waals surface area contributed by atoms with E-state index in [1.807, 2.05) is 24.4 Å². The Bertz CT molecular complexity index is 623. The first kappa shape index (κ1) is 14.2. The fourth-order valence-electron chi connectivity index (χ4n) is 3.29. The van der Waals surface area contributed by atoms with Crippen LogP contribution in [0.3, 0.4) is 0 Å². The first-order valence-corrected chi connectivity index (χ1v) is 8.05. The van der Waals surface area contributed by atoms with E-state index in [1.54, 1.807) is 0 Å². The first-order chi connectivity index (χ1) is 10.3. The number of carbonyl (C=O) groups is 1. The molecule has 1 aliphatic carbocycles. The zero-order chi connectivity index (χ0) is 14.7. The van der Waals surface area contributed by atoms with E-state index in [1.165, 1.54) is 25.7 Å². The van der Waals surface area contributed by atoms with Crippen molar-refractivity contribution in [3.05, 3.63) is 30.0 Å². The largest absolute Gasteiger partial charge is 0.493 e. The Hall–Kier alpha value is -1.77. The van der Waals surface area contributed by atoms with E-state index in [2.05, 4.69) is 11.9 Å². The molecule has 1 aromatic heterocycles. The van der Waals surface area contributed by atoms with Crippen LogP contribution in [0.1, 0.15) is 55.8 Å². The number of fused-ring (bicyclic) bond motifs is 1. The van der Waals surface area contributed by atoms with Crippen molar-refractivity contribution in [2.45, 2.75) is 45.4 Å². The van der Waals surface area contributed by atoms with E-state index >= 15 is 0 Å². The minimum Gasteiger partial charge on any atom is -0.493 e. The number of aromatic amines is 1. The Kier molecular flexibility index (Phi) is 4.28. The molecule has 2 aromatic rings. The molecule has 1 N–H and O–H groups in total. The van der Waals surface area contributed by atoms with Gasteiger partial charge in [0, 0.05) is 23.7 Å². The topological polar surface area (TPSA) is 42.1 Å². The Labute approximate surface area is 125 Å². The normalized spacial score (nSPS) is 15.7. The lowest BCUT2D eigenvalue weighted by atomic mass is 9.96. The van der Waals surface area contributed by atoms with E-state index in [9.17, 15) is 4.79 Å². The average molecular weight is 285 g/mol. The molecule has 112 valence electrons. The summed E-state index contributed by atoms with van der Waals surface area (Å²) in [6.07, 6.45) is 8.44. The quantitative estimate of drug-likeness (QED) is 0.780. The summed E-state index contributed by atoms with van der Waals surface area (Å²) < 4.78 is 5.82. The van der Waals surface area contributed by atoms with Gasteiger partial charge in [-0.2, -0.15) is 0 Å². The molecule has 0 radical (unpaired) electrons. The summed E-state index contributed by atoms with van der Waals surface area (Å²) in [5.74, 6) is 1.65. The molecule has 1 aliphatic rings. The Morgan fingerprint density at radius 2 is 2.14 bits per heavy atom. The van der Waals surface area contributed by atoms with Gasteiger partial charge in [-0.05, 0) is 24.5 Å². The van der Waals surface area contributed by atoms with E-state index in [4.69, 9.17) is 4.74 Å². The minimum absolute atomic E-state index is 0.251. The molecule has 1 aromatic carbocycles. The number of benzene rings is 1. The molecule has 1 fully saturated rings. The van der Waals surface area contributed by atoms with Crippen LogP contribution in [0.25, 0.3) is 10.9 Å². The molecule has 21 heavy (non-hydrogen) atoms. The highest BCUT2D eigenvalue weighted by molar-refractivity contribution is 6.10. The molecule has 0 unspecified atom stereocenters. The minimum atomic E-state index is 0.251. The Balaban J connectivity index is 1.88. The summed E-state index contributed by atoms with van der Waals surface area (Å²) in [6, 6.07) is 5.92. The maximum atomic E-state index is 12.6. The van der Waals surface area contributed by atoms with Crippen molar-refractivity contribution >= 4 is 16.7 Å². The molecule has 0 saturated heterocycles. The number of aromatic nitrogens is 1. The fourth-order valence-corrected chi connectivity index (χ4v) is 3.29. The van der Waals surface area contributed by atoms with Crippen molar-refractivity contribution in [2.24, 2.45) is 5.92 Å². The van der Waals surface area contributed by atoms with E-state index < -0.39 is 0 Å². The number of Topliss-reactive ketones (excluding diaryl/α,β-unsaturated/α-hetero) is 1. The smallest absolute Gasteiger partial charge is 0.165 e. The van der Waals surface area contributed by atoms with Crippen molar-refractivity contribution in [1.29, 1.82) is 0 Å².